The molecule has 0 aromatic carbocycles. The molecule has 0 radical (unpaired) electrons. The smallest absolute Gasteiger partial charge is 0.0835 e. The molecule has 1 unspecified atom stereocenters. The first-order valence-electron chi connectivity index (χ1n) is 5.64. The van der Waals surface area contributed by atoms with Crippen LogP contribution < -0.4 is 5.73 Å². The van der Waals surface area contributed by atoms with E-state index >= 15 is 0 Å². The Morgan fingerprint density at radius 1 is 1.56 bits per heavy atom. The van der Waals surface area contributed by atoms with Crippen LogP contribution in [0, 0.1) is 0 Å². The minimum Gasteiger partial charge on any atom is -0.379 e. The van der Waals surface area contributed by atoms with Gasteiger partial charge in [0.05, 0.1) is 29.6 Å². The van der Waals surface area contributed by atoms with E-state index < -0.39 is 0 Å². The van der Waals surface area contributed by atoms with Crippen molar-refractivity contribution in [2.24, 2.45) is 5.73 Å². The van der Waals surface area contributed by atoms with Gasteiger partial charge in [0.2, 0.25) is 0 Å². The average molecular weight is 246 g/mol. The maximum absolute atomic E-state index is 6.08. The van der Waals surface area contributed by atoms with Crippen LogP contribution in [-0.2, 0) is 4.74 Å². The van der Waals surface area contributed by atoms with E-state index in [0.717, 1.165) is 18.7 Å². The normalized spacial score (nSPS) is 13.4. The maximum Gasteiger partial charge on any atom is 0.0835 e. The van der Waals surface area contributed by atoms with Crippen molar-refractivity contribution in [1.82, 2.24) is 9.78 Å². The van der Waals surface area contributed by atoms with Crippen molar-refractivity contribution in [3.05, 3.63) is 16.9 Å². The molecule has 0 saturated carbocycles. The summed E-state index contributed by atoms with van der Waals surface area (Å²) in [4.78, 5) is 0. The second kappa shape index (κ2) is 6.23. The summed E-state index contributed by atoms with van der Waals surface area (Å²) in [6, 6.07) is 0.0312. The summed E-state index contributed by atoms with van der Waals surface area (Å²) in [7, 11) is 0. The molecule has 2 N–H and O–H groups in total. The Balaban J connectivity index is 2.73. The van der Waals surface area contributed by atoms with Gasteiger partial charge in [-0.05, 0) is 20.3 Å². The molecule has 0 saturated heterocycles. The molecule has 1 aromatic heterocycles. The number of hydrogen-bond donors (Lipinski definition) is 1. The van der Waals surface area contributed by atoms with Gasteiger partial charge in [0.15, 0.2) is 0 Å². The summed E-state index contributed by atoms with van der Waals surface area (Å²) < 4.78 is 7.28. The van der Waals surface area contributed by atoms with Gasteiger partial charge >= 0.3 is 0 Å². The van der Waals surface area contributed by atoms with Gasteiger partial charge in [-0.3, -0.25) is 4.68 Å². The van der Waals surface area contributed by atoms with E-state index in [1.54, 1.807) is 6.20 Å². The summed E-state index contributed by atoms with van der Waals surface area (Å²) in [5.74, 6) is 0. The van der Waals surface area contributed by atoms with E-state index in [2.05, 4.69) is 12.0 Å². The molecule has 1 atom stereocenters. The monoisotopic (exact) mass is 245 g/mol. The Morgan fingerprint density at radius 3 is 2.81 bits per heavy atom. The largest absolute Gasteiger partial charge is 0.379 e. The van der Waals surface area contributed by atoms with Gasteiger partial charge < -0.3 is 10.5 Å². The highest BCUT2D eigenvalue weighted by atomic mass is 35.5. The number of hydrogen-bond acceptors (Lipinski definition) is 3. The van der Waals surface area contributed by atoms with Crippen LogP contribution in [0.5, 0.6) is 0 Å². The van der Waals surface area contributed by atoms with Crippen LogP contribution in [0.25, 0.3) is 0 Å². The van der Waals surface area contributed by atoms with Gasteiger partial charge in [-0.2, -0.15) is 5.10 Å². The lowest BCUT2D eigenvalue weighted by Crippen LogP contribution is -2.22. The van der Waals surface area contributed by atoms with Gasteiger partial charge in [0.1, 0.15) is 0 Å². The molecule has 92 valence electrons. The number of rotatable bonds is 6. The minimum atomic E-state index is -0.219. The molecule has 0 aliphatic carbocycles. The second-order valence-electron chi connectivity index (χ2n) is 4.10. The third-order valence-electron chi connectivity index (χ3n) is 2.27. The molecule has 0 fully saturated rings. The summed E-state index contributed by atoms with van der Waals surface area (Å²) in [6.07, 6.45) is 2.63. The van der Waals surface area contributed by atoms with Crippen LogP contribution in [-0.4, -0.2) is 23.0 Å². The second-order valence-corrected chi connectivity index (χ2v) is 4.50. The predicted octanol–water partition coefficient (Wildman–Crippen LogP) is 2.54. The first-order chi connectivity index (χ1) is 7.57. The maximum atomic E-state index is 6.08. The molecule has 4 nitrogen and oxygen atoms in total. The molecule has 0 amide bonds. The first-order valence-corrected chi connectivity index (χ1v) is 6.02. The van der Waals surface area contributed by atoms with Crippen molar-refractivity contribution in [3.63, 3.8) is 0 Å². The third kappa shape index (κ3) is 3.20. The van der Waals surface area contributed by atoms with Crippen molar-refractivity contribution in [3.8, 4) is 0 Å². The van der Waals surface area contributed by atoms with Gasteiger partial charge in [-0.15, -0.1) is 0 Å². The fourth-order valence-electron chi connectivity index (χ4n) is 1.54. The average Bonchev–Trinajstić information content (AvgIpc) is 2.60. The molecule has 0 spiro atoms. The van der Waals surface area contributed by atoms with Crippen molar-refractivity contribution >= 4 is 11.6 Å². The minimum absolute atomic E-state index is 0.219. The number of nitrogens with zero attached hydrogens (tertiary/aromatic N) is 2. The molecular weight excluding hydrogens is 226 g/mol. The van der Waals surface area contributed by atoms with Crippen LogP contribution >= 0.6 is 11.6 Å². The highest BCUT2D eigenvalue weighted by molar-refractivity contribution is 6.31. The zero-order valence-corrected chi connectivity index (χ0v) is 10.9. The van der Waals surface area contributed by atoms with E-state index in [0.29, 0.717) is 11.6 Å². The van der Waals surface area contributed by atoms with E-state index in [-0.39, 0.29) is 12.1 Å². The molecule has 1 aromatic rings. The van der Waals surface area contributed by atoms with E-state index in [1.165, 1.54) is 0 Å². The summed E-state index contributed by atoms with van der Waals surface area (Å²) in [6.45, 7) is 7.36. The van der Waals surface area contributed by atoms with Crippen molar-refractivity contribution in [1.29, 1.82) is 0 Å². The Kier molecular flexibility index (Phi) is 5.25. The number of aromatic nitrogens is 2. The van der Waals surface area contributed by atoms with Crippen LogP contribution in [0.4, 0.5) is 0 Å². The lowest BCUT2D eigenvalue weighted by Gasteiger charge is -2.17. The molecule has 5 heteroatoms. The topological polar surface area (TPSA) is 53.1 Å². The molecule has 16 heavy (non-hydrogen) atoms. The Morgan fingerprint density at radius 2 is 2.25 bits per heavy atom. The molecule has 1 heterocycles. The number of ether oxygens (including phenoxy) is 1. The third-order valence-corrected chi connectivity index (χ3v) is 2.56. The van der Waals surface area contributed by atoms with E-state index in [9.17, 15) is 0 Å². The fourth-order valence-corrected chi connectivity index (χ4v) is 1.81. The highest BCUT2D eigenvalue weighted by Gasteiger charge is 2.18. The van der Waals surface area contributed by atoms with Gasteiger partial charge in [0, 0.05) is 12.6 Å². The van der Waals surface area contributed by atoms with Crippen LogP contribution in [0.3, 0.4) is 0 Å². The Labute approximate surface area is 102 Å². The molecule has 1 rings (SSSR count). The van der Waals surface area contributed by atoms with Gasteiger partial charge in [-0.25, -0.2) is 0 Å². The Hall–Kier alpha value is -0.580. The zero-order chi connectivity index (χ0) is 12.1. The number of nitrogens with two attached hydrogens (primary N) is 1. The van der Waals surface area contributed by atoms with Crippen molar-refractivity contribution in [2.75, 3.05) is 13.2 Å². The van der Waals surface area contributed by atoms with Gasteiger partial charge in [-0.1, -0.05) is 18.5 Å². The van der Waals surface area contributed by atoms with Gasteiger partial charge in [0.25, 0.3) is 0 Å². The van der Waals surface area contributed by atoms with Crippen LogP contribution in [0.2, 0.25) is 5.02 Å². The predicted molar refractivity (Wildman–Crippen MR) is 65.7 cm³/mol. The first kappa shape index (κ1) is 13.5. The van der Waals surface area contributed by atoms with Crippen molar-refractivity contribution in [2.45, 2.75) is 39.3 Å². The van der Waals surface area contributed by atoms with E-state index in [4.69, 9.17) is 22.1 Å². The quantitative estimate of drug-likeness (QED) is 0.784. The standard InChI is InChI=1S/C11H20ClN3O/c1-4-5-16-7-10(13)11-9(12)6-14-15(11)8(2)3/h6,8,10H,4-5,7,13H2,1-3H3. The molecular formula is C11H20ClN3O. The highest BCUT2D eigenvalue weighted by Crippen LogP contribution is 2.24. The fraction of sp³-hybridized carbons (Fsp3) is 0.727. The summed E-state index contributed by atoms with van der Waals surface area (Å²) in [5.41, 5.74) is 6.90. The summed E-state index contributed by atoms with van der Waals surface area (Å²) in [5, 5.41) is 4.83. The van der Waals surface area contributed by atoms with Crippen LogP contribution in [0.1, 0.15) is 45.0 Å². The summed E-state index contributed by atoms with van der Waals surface area (Å²) >= 11 is 6.08. The molecule has 0 aliphatic rings. The molecule has 0 aliphatic heterocycles. The lowest BCUT2D eigenvalue weighted by atomic mass is 10.2. The van der Waals surface area contributed by atoms with E-state index in [1.807, 2.05) is 18.5 Å². The lowest BCUT2D eigenvalue weighted by molar-refractivity contribution is 0.119. The zero-order valence-electron chi connectivity index (χ0n) is 10.1. The van der Waals surface area contributed by atoms with Crippen molar-refractivity contribution < 1.29 is 4.74 Å². The molecule has 0 bridgehead atoms. The SMILES string of the molecule is CCCOCC(N)c1c(Cl)cnn1C(C)C. The Bertz CT molecular complexity index is 325. The van der Waals surface area contributed by atoms with Crippen LogP contribution in [0.15, 0.2) is 6.20 Å². The number of halogens is 1.